The summed E-state index contributed by atoms with van der Waals surface area (Å²) in [5.74, 6) is -1.72. The number of benzene rings is 1. The second-order valence-corrected chi connectivity index (χ2v) is 5.37. The highest BCUT2D eigenvalue weighted by Gasteiger charge is 2.23. The van der Waals surface area contributed by atoms with Crippen LogP contribution >= 0.6 is 0 Å². The SMILES string of the molecule is CCOC(=O)CNC(=O)c1nnn(-c2ccccc2F)c1-c1ccncc1. The Morgan fingerprint density at radius 1 is 1.19 bits per heavy atom. The number of nitrogens with one attached hydrogen (secondary N) is 1. The number of ether oxygens (including phenoxy) is 1. The molecule has 3 rings (SSSR count). The van der Waals surface area contributed by atoms with Crippen molar-refractivity contribution in [3.05, 3.63) is 60.3 Å². The van der Waals surface area contributed by atoms with Crippen molar-refractivity contribution in [2.24, 2.45) is 0 Å². The number of carbonyl (C=O) groups excluding carboxylic acids is 2. The first-order chi connectivity index (χ1) is 13.1. The zero-order valence-corrected chi connectivity index (χ0v) is 14.4. The quantitative estimate of drug-likeness (QED) is 0.665. The fourth-order valence-electron chi connectivity index (χ4n) is 2.44. The highest BCUT2D eigenvalue weighted by Crippen LogP contribution is 2.25. The molecule has 0 aliphatic heterocycles. The Bertz CT molecular complexity index is 959. The Hall–Kier alpha value is -3.62. The monoisotopic (exact) mass is 369 g/mol. The van der Waals surface area contributed by atoms with E-state index in [4.69, 9.17) is 4.74 Å². The second kappa shape index (κ2) is 8.17. The average Bonchev–Trinajstić information content (AvgIpc) is 3.12. The van der Waals surface area contributed by atoms with Gasteiger partial charge in [0.1, 0.15) is 23.7 Å². The lowest BCUT2D eigenvalue weighted by Crippen LogP contribution is -2.31. The van der Waals surface area contributed by atoms with Gasteiger partial charge in [-0.25, -0.2) is 9.07 Å². The summed E-state index contributed by atoms with van der Waals surface area (Å²) in [5, 5.41) is 10.3. The van der Waals surface area contributed by atoms with Crippen molar-refractivity contribution in [1.82, 2.24) is 25.3 Å². The molecule has 1 N–H and O–H groups in total. The largest absolute Gasteiger partial charge is 0.465 e. The lowest BCUT2D eigenvalue weighted by atomic mass is 10.1. The van der Waals surface area contributed by atoms with Crippen molar-refractivity contribution >= 4 is 11.9 Å². The maximum absolute atomic E-state index is 14.3. The molecule has 2 heterocycles. The molecule has 1 amide bonds. The molecule has 1 aromatic carbocycles. The number of carbonyl (C=O) groups is 2. The molecule has 0 aliphatic carbocycles. The first-order valence-corrected chi connectivity index (χ1v) is 8.16. The molecule has 27 heavy (non-hydrogen) atoms. The molecule has 3 aromatic rings. The molecule has 0 bridgehead atoms. The molecule has 0 unspecified atom stereocenters. The Labute approximate surface area is 154 Å². The van der Waals surface area contributed by atoms with Gasteiger partial charge in [0.05, 0.1) is 6.61 Å². The molecule has 8 nitrogen and oxygen atoms in total. The molecule has 0 saturated heterocycles. The van der Waals surface area contributed by atoms with Gasteiger partial charge < -0.3 is 10.1 Å². The lowest BCUT2D eigenvalue weighted by molar-refractivity contribution is -0.141. The van der Waals surface area contributed by atoms with Crippen molar-refractivity contribution in [3.8, 4) is 16.9 Å². The summed E-state index contributed by atoms with van der Waals surface area (Å²) >= 11 is 0. The van der Waals surface area contributed by atoms with Crippen LogP contribution < -0.4 is 5.32 Å². The van der Waals surface area contributed by atoms with E-state index < -0.39 is 17.7 Å². The van der Waals surface area contributed by atoms with Crippen LogP contribution in [0.5, 0.6) is 0 Å². The highest BCUT2D eigenvalue weighted by atomic mass is 19.1. The third-order valence-corrected chi connectivity index (χ3v) is 3.62. The van der Waals surface area contributed by atoms with E-state index in [1.807, 2.05) is 0 Å². The summed E-state index contributed by atoms with van der Waals surface area (Å²) in [4.78, 5) is 27.9. The summed E-state index contributed by atoms with van der Waals surface area (Å²) in [7, 11) is 0. The van der Waals surface area contributed by atoms with E-state index in [2.05, 4.69) is 20.6 Å². The average molecular weight is 369 g/mol. The summed E-state index contributed by atoms with van der Waals surface area (Å²) in [5.41, 5.74) is 0.943. The van der Waals surface area contributed by atoms with Gasteiger partial charge >= 0.3 is 5.97 Å². The molecule has 2 aromatic heterocycles. The summed E-state index contributed by atoms with van der Waals surface area (Å²) < 4.78 is 20.3. The van der Waals surface area contributed by atoms with Crippen LogP contribution in [0, 0.1) is 5.82 Å². The number of para-hydroxylation sites is 1. The van der Waals surface area contributed by atoms with Gasteiger partial charge in [0.15, 0.2) is 5.69 Å². The van der Waals surface area contributed by atoms with Gasteiger partial charge in [0.2, 0.25) is 0 Å². The molecule has 0 saturated carbocycles. The predicted octanol–water partition coefficient (Wildman–Crippen LogP) is 1.76. The van der Waals surface area contributed by atoms with Gasteiger partial charge in [0, 0.05) is 18.0 Å². The fraction of sp³-hybridized carbons (Fsp3) is 0.167. The van der Waals surface area contributed by atoms with Crippen LogP contribution in [0.25, 0.3) is 16.9 Å². The minimum absolute atomic E-state index is 0.0475. The zero-order valence-electron chi connectivity index (χ0n) is 14.4. The molecule has 0 radical (unpaired) electrons. The van der Waals surface area contributed by atoms with Gasteiger partial charge in [0.25, 0.3) is 5.91 Å². The number of pyridine rings is 1. The molecule has 138 valence electrons. The topological polar surface area (TPSA) is 99.0 Å². The number of esters is 1. The highest BCUT2D eigenvalue weighted by molar-refractivity contribution is 5.99. The standard InChI is InChI=1S/C18H16FN5O3/c1-2-27-15(25)11-21-18(26)16-17(12-7-9-20-10-8-12)24(23-22-16)14-6-4-3-5-13(14)19/h3-10H,2,11H2,1H3,(H,21,26). The number of aromatic nitrogens is 4. The van der Waals surface area contributed by atoms with E-state index in [1.54, 1.807) is 31.2 Å². The van der Waals surface area contributed by atoms with E-state index in [0.29, 0.717) is 5.56 Å². The lowest BCUT2D eigenvalue weighted by Gasteiger charge is -2.09. The first kappa shape index (κ1) is 18.2. The molecule has 9 heteroatoms. The number of nitrogens with zero attached hydrogens (tertiary/aromatic N) is 4. The smallest absolute Gasteiger partial charge is 0.325 e. The Morgan fingerprint density at radius 3 is 2.63 bits per heavy atom. The minimum atomic E-state index is -0.627. The van der Waals surface area contributed by atoms with Crippen LogP contribution in [0.15, 0.2) is 48.8 Å². The molecule has 0 spiro atoms. The normalized spacial score (nSPS) is 10.4. The number of amides is 1. The maximum Gasteiger partial charge on any atom is 0.325 e. The Kier molecular flexibility index (Phi) is 5.50. The summed E-state index contributed by atoms with van der Waals surface area (Å²) in [6.45, 7) is 1.57. The van der Waals surface area contributed by atoms with E-state index in [-0.39, 0.29) is 30.2 Å². The molecular weight excluding hydrogens is 353 g/mol. The molecular formula is C18H16FN5O3. The van der Waals surface area contributed by atoms with Gasteiger partial charge in [-0.05, 0) is 31.2 Å². The number of halogens is 1. The second-order valence-electron chi connectivity index (χ2n) is 5.37. The van der Waals surface area contributed by atoms with Crippen LogP contribution in [0.2, 0.25) is 0 Å². The zero-order chi connectivity index (χ0) is 19.2. The van der Waals surface area contributed by atoms with Gasteiger partial charge in [-0.3, -0.25) is 14.6 Å². The van der Waals surface area contributed by atoms with E-state index in [1.165, 1.54) is 29.2 Å². The van der Waals surface area contributed by atoms with Gasteiger partial charge in [-0.2, -0.15) is 0 Å². The number of hydrogen-bond acceptors (Lipinski definition) is 6. The third-order valence-electron chi connectivity index (χ3n) is 3.62. The maximum atomic E-state index is 14.3. The molecule has 0 aliphatic rings. The van der Waals surface area contributed by atoms with Crippen molar-refractivity contribution in [3.63, 3.8) is 0 Å². The number of hydrogen-bond donors (Lipinski definition) is 1. The van der Waals surface area contributed by atoms with Crippen LogP contribution in [-0.4, -0.2) is 45.0 Å². The predicted molar refractivity (Wildman–Crippen MR) is 93.5 cm³/mol. The number of rotatable bonds is 6. The van der Waals surface area contributed by atoms with Crippen molar-refractivity contribution < 1.29 is 18.7 Å². The van der Waals surface area contributed by atoms with Crippen molar-refractivity contribution in [1.29, 1.82) is 0 Å². The van der Waals surface area contributed by atoms with E-state index in [9.17, 15) is 14.0 Å². The van der Waals surface area contributed by atoms with Gasteiger partial charge in [-0.15, -0.1) is 5.10 Å². The molecule has 0 fully saturated rings. The fourth-order valence-corrected chi connectivity index (χ4v) is 2.44. The summed E-state index contributed by atoms with van der Waals surface area (Å²) in [6, 6.07) is 9.31. The van der Waals surface area contributed by atoms with Gasteiger partial charge in [-0.1, -0.05) is 17.3 Å². The van der Waals surface area contributed by atoms with E-state index in [0.717, 1.165) is 0 Å². The summed E-state index contributed by atoms with van der Waals surface area (Å²) in [6.07, 6.45) is 3.07. The Balaban J connectivity index is 2.01. The van der Waals surface area contributed by atoms with E-state index >= 15 is 0 Å². The first-order valence-electron chi connectivity index (χ1n) is 8.16. The third kappa shape index (κ3) is 3.97. The van der Waals surface area contributed by atoms with Crippen molar-refractivity contribution in [2.45, 2.75) is 6.92 Å². The van der Waals surface area contributed by atoms with Crippen LogP contribution in [-0.2, 0) is 9.53 Å². The Morgan fingerprint density at radius 2 is 1.93 bits per heavy atom. The van der Waals surface area contributed by atoms with Crippen LogP contribution in [0.4, 0.5) is 4.39 Å². The van der Waals surface area contributed by atoms with Crippen LogP contribution in [0.3, 0.4) is 0 Å². The minimum Gasteiger partial charge on any atom is -0.465 e. The van der Waals surface area contributed by atoms with Crippen LogP contribution in [0.1, 0.15) is 17.4 Å². The van der Waals surface area contributed by atoms with Crippen molar-refractivity contribution in [2.75, 3.05) is 13.2 Å². The molecule has 0 atom stereocenters.